The standard InChI is InChI=1S/C13H10ClN3O3/c1-8-5-6-11(15-7-8)16-13(18)9-3-2-4-10(14)12(9)17(19)20/h2-7H,1H3,(H,15,16,18). The lowest BCUT2D eigenvalue weighted by molar-refractivity contribution is -0.385. The average Bonchev–Trinajstić information content (AvgIpc) is 2.40. The second-order valence-corrected chi connectivity index (χ2v) is 4.48. The Morgan fingerprint density at radius 3 is 2.70 bits per heavy atom. The molecule has 102 valence electrons. The Morgan fingerprint density at radius 2 is 2.10 bits per heavy atom. The molecule has 2 rings (SSSR count). The molecule has 6 nitrogen and oxygen atoms in total. The van der Waals surface area contributed by atoms with Crippen molar-refractivity contribution in [3.05, 3.63) is 62.8 Å². The van der Waals surface area contributed by atoms with E-state index in [9.17, 15) is 14.9 Å². The van der Waals surface area contributed by atoms with Crippen molar-refractivity contribution in [2.45, 2.75) is 6.92 Å². The molecule has 7 heteroatoms. The predicted molar refractivity (Wildman–Crippen MR) is 75.0 cm³/mol. The van der Waals surface area contributed by atoms with E-state index in [1.54, 1.807) is 18.3 Å². The van der Waals surface area contributed by atoms with Gasteiger partial charge in [0.1, 0.15) is 16.4 Å². The predicted octanol–water partition coefficient (Wildman–Crippen LogP) is 3.20. The molecule has 0 aliphatic heterocycles. The van der Waals surface area contributed by atoms with E-state index in [1.807, 2.05) is 6.92 Å². The number of para-hydroxylation sites is 1. The molecule has 0 unspecified atom stereocenters. The molecule has 0 bridgehead atoms. The molecule has 0 fully saturated rings. The fraction of sp³-hybridized carbons (Fsp3) is 0.0769. The SMILES string of the molecule is Cc1ccc(NC(=O)c2cccc(Cl)c2[N+](=O)[O-])nc1. The lowest BCUT2D eigenvalue weighted by Crippen LogP contribution is -2.15. The third kappa shape index (κ3) is 2.92. The van der Waals surface area contributed by atoms with Gasteiger partial charge in [0.2, 0.25) is 0 Å². The van der Waals surface area contributed by atoms with Crippen LogP contribution in [0.1, 0.15) is 15.9 Å². The van der Waals surface area contributed by atoms with Gasteiger partial charge in [0.15, 0.2) is 0 Å². The van der Waals surface area contributed by atoms with Crippen LogP contribution in [0.3, 0.4) is 0 Å². The third-order valence-corrected chi connectivity index (χ3v) is 2.87. The summed E-state index contributed by atoms with van der Waals surface area (Å²) in [5, 5.41) is 13.4. The first kappa shape index (κ1) is 14.0. The van der Waals surface area contributed by atoms with E-state index in [-0.39, 0.29) is 10.6 Å². The highest BCUT2D eigenvalue weighted by Gasteiger charge is 2.23. The minimum Gasteiger partial charge on any atom is -0.306 e. The van der Waals surface area contributed by atoms with E-state index in [0.717, 1.165) is 5.56 Å². The first-order valence-electron chi connectivity index (χ1n) is 5.66. The maximum absolute atomic E-state index is 12.1. The van der Waals surface area contributed by atoms with Crippen molar-refractivity contribution in [2.75, 3.05) is 5.32 Å². The van der Waals surface area contributed by atoms with E-state index in [0.29, 0.717) is 5.82 Å². The number of rotatable bonds is 3. The Hall–Kier alpha value is -2.47. The van der Waals surface area contributed by atoms with Gasteiger partial charge in [0, 0.05) is 6.20 Å². The highest BCUT2D eigenvalue weighted by molar-refractivity contribution is 6.33. The number of nitro groups is 1. The van der Waals surface area contributed by atoms with Crippen molar-refractivity contribution in [1.29, 1.82) is 0 Å². The number of nitrogens with zero attached hydrogens (tertiary/aromatic N) is 2. The molecular weight excluding hydrogens is 282 g/mol. The molecule has 0 atom stereocenters. The summed E-state index contributed by atoms with van der Waals surface area (Å²) in [5.41, 5.74) is 0.417. The Bertz CT molecular complexity index is 671. The maximum Gasteiger partial charge on any atom is 0.300 e. The van der Waals surface area contributed by atoms with Crippen LogP contribution in [-0.2, 0) is 0 Å². The van der Waals surface area contributed by atoms with Crippen LogP contribution in [0, 0.1) is 17.0 Å². The van der Waals surface area contributed by atoms with Crippen molar-refractivity contribution in [1.82, 2.24) is 4.98 Å². The summed E-state index contributed by atoms with van der Waals surface area (Å²) in [4.78, 5) is 26.4. The number of anilines is 1. The molecular formula is C13H10ClN3O3. The quantitative estimate of drug-likeness (QED) is 0.695. The summed E-state index contributed by atoms with van der Waals surface area (Å²) in [5.74, 6) is -0.314. The van der Waals surface area contributed by atoms with Crippen molar-refractivity contribution in [3.63, 3.8) is 0 Å². The highest BCUT2D eigenvalue weighted by atomic mass is 35.5. The van der Waals surface area contributed by atoms with Crippen molar-refractivity contribution in [3.8, 4) is 0 Å². The number of carbonyl (C=O) groups excluding carboxylic acids is 1. The molecule has 0 aliphatic rings. The fourth-order valence-corrected chi connectivity index (χ4v) is 1.85. The first-order chi connectivity index (χ1) is 9.49. The second-order valence-electron chi connectivity index (χ2n) is 4.07. The summed E-state index contributed by atoms with van der Waals surface area (Å²) in [7, 11) is 0. The van der Waals surface area contributed by atoms with Gasteiger partial charge in [0.25, 0.3) is 5.91 Å². The van der Waals surface area contributed by atoms with Crippen molar-refractivity contribution in [2.24, 2.45) is 0 Å². The van der Waals surface area contributed by atoms with E-state index in [4.69, 9.17) is 11.6 Å². The molecule has 0 aliphatic carbocycles. The number of aryl methyl sites for hydroxylation is 1. The van der Waals surface area contributed by atoms with E-state index in [2.05, 4.69) is 10.3 Å². The van der Waals surface area contributed by atoms with Gasteiger partial charge in [-0.25, -0.2) is 4.98 Å². The molecule has 1 aromatic heterocycles. The van der Waals surface area contributed by atoms with Gasteiger partial charge < -0.3 is 5.32 Å². The van der Waals surface area contributed by atoms with Crippen LogP contribution in [0.15, 0.2) is 36.5 Å². The number of hydrogen-bond donors (Lipinski definition) is 1. The zero-order valence-electron chi connectivity index (χ0n) is 10.5. The number of hydrogen-bond acceptors (Lipinski definition) is 4. The highest BCUT2D eigenvalue weighted by Crippen LogP contribution is 2.28. The monoisotopic (exact) mass is 291 g/mol. The van der Waals surface area contributed by atoms with Crippen LogP contribution in [0.2, 0.25) is 5.02 Å². The Morgan fingerprint density at radius 1 is 1.35 bits per heavy atom. The first-order valence-corrected chi connectivity index (χ1v) is 6.04. The van der Waals surface area contributed by atoms with Gasteiger partial charge in [-0.1, -0.05) is 23.7 Å². The van der Waals surface area contributed by atoms with Crippen LogP contribution in [-0.4, -0.2) is 15.8 Å². The number of nitrogens with one attached hydrogen (secondary N) is 1. The molecule has 1 aromatic carbocycles. The summed E-state index contributed by atoms with van der Waals surface area (Å²) in [6.45, 7) is 1.86. The average molecular weight is 292 g/mol. The van der Waals surface area contributed by atoms with Gasteiger partial charge >= 0.3 is 5.69 Å². The van der Waals surface area contributed by atoms with E-state index < -0.39 is 16.5 Å². The largest absolute Gasteiger partial charge is 0.306 e. The number of carbonyl (C=O) groups is 1. The minimum absolute atomic E-state index is 0.0838. The second kappa shape index (κ2) is 5.66. The normalized spacial score (nSPS) is 10.1. The van der Waals surface area contributed by atoms with Crippen LogP contribution in [0.5, 0.6) is 0 Å². The van der Waals surface area contributed by atoms with Crippen LogP contribution >= 0.6 is 11.6 Å². The van der Waals surface area contributed by atoms with Gasteiger partial charge in [-0.3, -0.25) is 14.9 Å². The molecule has 0 spiro atoms. The van der Waals surface area contributed by atoms with Crippen LogP contribution in [0.4, 0.5) is 11.5 Å². The molecule has 0 saturated heterocycles. The van der Waals surface area contributed by atoms with Crippen molar-refractivity contribution < 1.29 is 9.72 Å². The summed E-state index contributed by atoms with van der Waals surface area (Å²) >= 11 is 5.75. The van der Waals surface area contributed by atoms with Crippen LogP contribution < -0.4 is 5.32 Å². The summed E-state index contributed by atoms with van der Waals surface area (Å²) in [6, 6.07) is 7.57. The summed E-state index contributed by atoms with van der Waals surface area (Å²) in [6.07, 6.45) is 1.59. The topological polar surface area (TPSA) is 85.1 Å². The molecule has 1 N–H and O–H groups in total. The molecule has 0 radical (unpaired) electrons. The minimum atomic E-state index is -0.681. The van der Waals surface area contributed by atoms with Gasteiger partial charge in [0.05, 0.1) is 4.92 Å². The lowest BCUT2D eigenvalue weighted by Gasteiger charge is -2.06. The van der Waals surface area contributed by atoms with E-state index in [1.165, 1.54) is 18.2 Å². The van der Waals surface area contributed by atoms with E-state index >= 15 is 0 Å². The smallest absolute Gasteiger partial charge is 0.300 e. The van der Waals surface area contributed by atoms with Gasteiger partial charge in [-0.15, -0.1) is 0 Å². The Kier molecular flexibility index (Phi) is 3.95. The lowest BCUT2D eigenvalue weighted by atomic mass is 10.1. The van der Waals surface area contributed by atoms with Crippen LogP contribution in [0.25, 0.3) is 0 Å². The molecule has 1 heterocycles. The van der Waals surface area contributed by atoms with Crippen molar-refractivity contribution >= 4 is 29.0 Å². The zero-order valence-corrected chi connectivity index (χ0v) is 11.2. The fourth-order valence-electron chi connectivity index (χ4n) is 1.61. The molecule has 2 aromatic rings. The number of nitro benzene ring substituents is 1. The van der Waals surface area contributed by atoms with Gasteiger partial charge in [-0.2, -0.15) is 0 Å². The Labute approximate surface area is 119 Å². The Balaban J connectivity index is 2.32. The molecule has 1 amide bonds. The maximum atomic E-state index is 12.1. The number of pyridine rings is 1. The molecule has 0 saturated carbocycles. The third-order valence-electron chi connectivity index (χ3n) is 2.57. The molecule has 20 heavy (non-hydrogen) atoms. The number of amides is 1. The number of aromatic nitrogens is 1. The summed E-state index contributed by atoms with van der Waals surface area (Å²) < 4.78 is 0. The zero-order chi connectivity index (χ0) is 14.7. The number of halogens is 1. The number of benzene rings is 1. The van der Waals surface area contributed by atoms with Gasteiger partial charge in [-0.05, 0) is 30.7 Å².